The molecule has 4 nitrogen and oxygen atoms in total. The minimum atomic E-state index is 0.305. The highest BCUT2D eigenvalue weighted by Crippen LogP contribution is 2.38. The van der Waals surface area contributed by atoms with Gasteiger partial charge < -0.3 is 11.1 Å². The van der Waals surface area contributed by atoms with Gasteiger partial charge in [0, 0.05) is 23.8 Å². The number of hydrogen-bond acceptors (Lipinski definition) is 4. The summed E-state index contributed by atoms with van der Waals surface area (Å²) in [7, 11) is 0. The van der Waals surface area contributed by atoms with Gasteiger partial charge >= 0.3 is 0 Å². The monoisotopic (exact) mass is 250 g/mol. The summed E-state index contributed by atoms with van der Waals surface area (Å²) in [5, 5.41) is 11.9. The maximum Gasteiger partial charge on any atom is 0.130 e. The van der Waals surface area contributed by atoms with Gasteiger partial charge in [0.05, 0.1) is 11.6 Å². The number of pyridine rings is 1. The molecule has 2 atom stereocenters. The maximum atomic E-state index is 8.74. The van der Waals surface area contributed by atoms with E-state index in [0.717, 1.165) is 17.9 Å². The Hall–Kier alpha value is -2.38. The largest absolute Gasteiger partial charge is 0.340 e. The molecule has 0 spiro atoms. The Morgan fingerprint density at radius 3 is 2.47 bits per heavy atom. The second-order valence-electron chi connectivity index (χ2n) is 4.80. The summed E-state index contributed by atoms with van der Waals surface area (Å²) in [6.07, 6.45) is 2.94. The van der Waals surface area contributed by atoms with Crippen LogP contribution in [0.2, 0.25) is 0 Å². The summed E-state index contributed by atoms with van der Waals surface area (Å²) in [5.41, 5.74) is 8.59. The zero-order valence-electron chi connectivity index (χ0n) is 10.4. The average molecular weight is 250 g/mol. The quantitative estimate of drug-likeness (QED) is 0.877. The highest BCUT2D eigenvalue weighted by Gasteiger charge is 2.34. The highest BCUT2D eigenvalue weighted by atomic mass is 15.0. The lowest BCUT2D eigenvalue weighted by molar-refractivity contribution is 0.981. The lowest BCUT2D eigenvalue weighted by Gasteiger charge is -2.06. The summed E-state index contributed by atoms with van der Waals surface area (Å²) in [4.78, 5) is 4.38. The molecule has 2 aromatic rings. The molecule has 1 aliphatic carbocycles. The van der Waals surface area contributed by atoms with Gasteiger partial charge in [-0.25, -0.2) is 4.98 Å². The standard InChI is InChI=1S/C15H14N4/c16-8-10-1-4-12(5-2-10)19-15-6-3-11(9-18-15)13-7-14(13)17/h1-6,9,13-14H,7,17H2,(H,18,19)/t13-,14+/m0/s1. The summed E-state index contributed by atoms with van der Waals surface area (Å²) in [6, 6.07) is 13.7. The Bertz CT molecular complexity index is 610. The Kier molecular flexibility index (Phi) is 2.90. The van der Waals surface area contributed by atoms with Crippen LogP contribution in [0.15, 0.2) is 42.6 Å². The van der Waals surface area contributed by atoms with Crippen molar-refractivity contribution in [2.75, 3.05) is 5.32 Å². The van der Waals surface area contributed by atoms with E-state index in [1.165, 1.54) is 5.56 Å². The van der Waals surface area contributed by atoms with Gasteiger partial charge in [0.25, 0.3) is 0 Å². The van der Waals surface area contributed by atoms with Crippen molar-refractivity contribution in [3.63, 3.8) is 0 Å². The van der Waals surface area contributed by atoms with E-state index >= 15 is 0 Å². The minimum absolute atomic E-state index is 0.305. The average Bonchev–Trinajstić information content (AvgIpc) is 3.18. The smallest absolute Gasteiger partial charge is 0.130 e. The van der Waals surface area contributed by atoms with Crippen molar-refractivity contribution in [2.24, 2.45) is 5.73 Å². The molecule has 0 unspecified atom stereocenters. The van der Waals surface area contributed by atoms with Crippen molar-refractivity contribution in [1.82, 2.24) is 4.98 Å². The molecule has 1 aromatic carbocycles. The van der Waals surface area contributed by atoms with E-state index in [1.807, 2.05) is 24.4 Å². The van der Waals surface area contributed by atoms with Crippen LogP contribution in [0.1, 0.15) is 23.5 Å². The van der Waals surface area contributed by atoms with E-state index < -0.39 is 0 Å². The normalized spacial score (nSPS) is 20.6. The molecule has 0 amide bonds. The molecule has 1 heterocycles. The Morgan fingerprint density at radius 2 is 1.95 bits per heavy atom. The first-order valence-corrected chi connectivity index (χ1v) is 6.25. The van der Waals surface area contributed by atoms with Crippen LogP contribution < -0.4 is 11.1 Å². The fraction of sp³-hybridized carbons (Fsp3) is 0.200. The molecule has 94 valence electrons. The van der Waals surface area contributed by atoms with Crippen LogP contribution >= 0.6 is 0 Å². The Labute approximate surface area is 111 Å². The van der Waals surface area contributed by atoms with E-state index in [2.05, 4.69) is 22.4 Å². The van der Waals surface area contributed by atoms with E-state index in [1.54, 1.807) is 12.1 Å². The number of benzene rings is 1. The van der Waals surface area contributed by atoms with Crippen LogP contribution in [-0.2, 0) is 0 Å². The van der Waals surface area contributed by atoms with Crippen LogP contribution in [0.5, 0.6) is 0 Å². The number of nitrogens with one attached hydrogen (secondary N) is 1. The highest BCUT2D eigenvalue weighted by molar-refractivity contribution is 5.57. The fourth-order valence-corrected chi connectivity index (χ4v) is 2.07. The summed E-state index contributed by atoms with van der Waals surface area (Å²) < 4.78 is 0. The van der Waals surface area contributed by atoms with Gasteiger partial charge in [-0.15, -0.1) is 0 Å². The van der Waals surface area contributed by atoms with Crippen LogP contribution in [0.25, 0.3) is 0 Å². The van der Waals surface area contributed by atoms with E-state index in [0.29, 0.717) is 17.5 Å². The molecule has 0 bridgehead atoms. The van der Waals surface area contributed by atoms with Crippen molar-refractivity contribution >= 4 is 11.5 Å². The minimum Gasteiger partial charge on any atom is -0.340 e. The first-order chi connectivity index (χ1) is 9.26. The molecular weight excluding hydrogens is 236 g/mol. The van der Waals surface area contributed by atoms with E-state index in [9.17, 15) is 0 Å². The van der Waals surface area contributed by atoms with Crippen molar-refractivity contribution < 1.29 is 0 Å². The lowest BCUT2D eigenvalue weighted by Crippen LogP contribution is -2.01. The first kappa shape index (κ1) is 11.7. The molecule has 3 rings (SSSR count). The predicted octanol–water partition coefficient (Wildman–Crippen LogP) is 2.51. The van der Waals surface area contributed by atoms with Gasteiger partial charge in [-0.1, -0.05) is 6.07 Å². The predicted molar refractivity (Wildman–Crippen MR) is 74.0 cm³/mol. The van der Waals surface area contributed by atoms with Crippen LogP contribution in [-0.4, -0.2) is 11.0 Å². The van der Waals surface area contributed by atoms with Crippen LogP contribution in [0.3, 0.4) is 0 Å². The third-order valence-corrected chi connectivity index (χ3v) is 3.34. The number of nitrogens with two attached hydrogens (primary N) is 1. The molecule has 1 aliphatic rings. The van der Waals surface area contributed by atoms with Crippen molar-refractivity contribution in [2.45, 2.75) is 18.4 Å². The second kappa shape index (κ2) is 4.71. The molecule has 1 fully saturated rings. The summed E-state index contributed by atoms with van der Waals surface area (Å²) >= 11 is 0. The molecule has 19 heavy (non-hydrogen) atoms. The molecular formula is C15H14N4. The van der Waals surface area contributed by atoms with Crippen LogP contribution in [0, 0.1) is 11.3 Å². The van der Waals surface area contributed by atoms with Crippen molar-refractivity contribution in [3.8, 4) is 6.07 Å². The number of aromatic nitrogens is 1. The summed E-state index contributed by atoms with van der Waals surface area (Å²) in [6.45, 7) is 0. The second-order valence-corrected chi connectivity index (χ2v) is 4.80. The number of rotatable bonds is 3. The molecule has 1 saturated carbocycles. The topological polar surface area (TPSA) is 74.7 Å². The van der Waals surface area contributed by atoms with Gasteiger partial charge in [0.2, 0.25) is 0 Å². The molecule has 3 N–H and O–H groups in total. The number of hydrogen-bond donors (Lipinski definition) is 2. The number of anilines is 2. The lowest BCUT2D eigenvalue weighted by atomic mass is 10.2. The zero-order valence-corrected chi connectivity index (χ0v) is 10.4. The van der Waals surface area contributed by atoms with E-state index in [4.69, 9.17) is 11.0 Å². The van der Waals surface area contributed by atoms with Gasteiger partial charge in [0.15, 0.2) is 0 Å². The van der Waals surface area contributed by atoms with Gasteiger partial charge in [-0.2, -0.15) is 5.26 Å². The first-order valence-electron chi connectivity index (χ1n) is 6.25. The fourth-order valence-electron chi connectivity index (χ4n) is 2.07. The molecule has 0 saturated heterocycles. The van der Waals surface area contributed by atoms with Gasteiger partial charge in [-0.05, 0) is 42.3 Å². The van der Waals surface area contributed by atoms with Gasteiger partial charge in [0.1, 0.15) is 5.82 Å². The van der Waals surface area contributed by atoms with Crippen LogP contribution in [0.4, 0.5) is 11.5 Å². The maximum absolute atomic E-state index is 8.74. The molecule has 0 radical (unpaired) electrons. The molecule has 4 heteroatoms. The summed E-state index contributed by atoms with van der Waals surface area (Å²) in [5.74, 6) is 1.28. The third-order valence-electron chi connectivity index (χ3n) is 3.34. The Morgan fingerprint density at radius 1 is 1.21 bits per heavy atom. The number of nitriles is 1. The molecule has 1 aromatic heterocycles. The molecule has 0 aliphatic heterocycles. The Balaban J connectivity index is 1.70. The van der Waals surface area contributed by atoms with Gasteiger partial charge in [-0.3, -0.25) is 0 Å². The third kappa shape index (κ3) is 2.56. The number of nitrogens with zero attached hydrogens (tertiary/aromatic N) is 2. The van der Waals surface area contributed by atoms with Crippen molar-refractivity contribution in [1.29, 1.82) is 5.26 Å². The SMILES string of the molecule is N#Cc1ccc(Nc2ccc([C@@H]3C[C@H]3N)cn2)cc1. The zero-order chi connectivity index (χ0) is 13.2. The van der Waals surface area contributed by atoms with Crippen molar-refractivity contribution in [3.05, 3.63) is 53.7 Å². The van der Waals surface area contributed by atoms with E-state index in [-0.39, 0.29) is 0 Å².